The van der Waals surface area contributed by atoms with Gasteiger partial charge in [-0.25, -0.2) is 0 Å². The summed E-state index contributed by atoms with van der Waals surface area (Å²) >= 11 is 1.80. The quantitative estimate of drug-likeness (QED) is 0.758. The lowest BCUT2D eigenvalue weighted by Crippen LogP contribution is -2.19. The second-order valence-corrected chi connectivity index (χ2v) is 3.34. The van der Waals surface area contributed by atoms with Gasteiger partial charge in [0.25, 0.3) is 0 Å². The van der Waals surface area contributed by atoms with Gasteiger partial charge in [0.15, 0.2) is 0 Å². The van der Waals surface area contributed by atoms with Crippen molar-refractivity contribution in [3.05, 3.63) is 24.3 Å². The first kappa shape index (κ1) is 9.48. The van der Waals surface area contributed by atoms with Gasteiger partial charge in [-0.2, -0.15) is 11.8 Å². The molecule has 0 saturated carbocycles. The van der Waals surface area contributed by atoms with Crippen molar-refractivity contribution in [2.75, 3.05) is 19.1 Å². The van der Waals surface area contributed by atoms with Crippen LogP contribution in [0.4, 0.5) is 0 Å². The fourth-order valence-corrected chi connectivity index (χ4v) is 1.64. The molecule has 1 rings (SSSR count). The van der Waals surface area contributed by atoms with Crippen LogP contribution in [0.2, 0.25) is 0 Å². The minimum Gasteiger partial charge on any atom is -0.311 e. The molecule has 0 spiro atoms. The predicted molar refractivity (Wildman–Crippen MR) is 52.2 cm³/mol. The minimum absolute atomic E-state index is 0.314. The van der Waals surface area contributed by atoms with Gasteiger partial charge >= 0.3 is 0 Å². The number of thioether (sulfide) groups is 1. The molecular formula is C8H13N3S. The molecule has 0 aliphatic heterocycles. The van der Waals surface area contributed by atoms with Crippen LogP contribution in [0.25, 0.3) is 0 Å². The summed E-state index contributed by atoms with van der Waals surface area (Å²) in [4.78, 5) is 8.25. The molecule has 12 heavy (non-hydrogen) atoms. The highest BCUT2D eigenvalue weighted by molar-refractivity contribution is 7.98. The molecule has 0 radical (unpaired) electrons. The van der Waals surface area contributed by atoms with Crippen LogP contribution in [0.5, 0.6) is 0 Å². The van der Waals surface area contributed by atoms with Gasteiger partial charge in [0.1, 0.15) is 0 Å². The first-order chi connectivity index (χ1) is 5.88. The van der Waals surface area contributed by atoms with Gasteiger partial charge in [-0.3, -0.25) is 9.97 Å². The summed E-state index contributed by atoms with van der Waals surface area (Å²) in [5.74, 6) is 1.02. The summed E-state index contributed by atoms with van der Waals surface area (Å²) in [5, 5.41) is 3.20. The molecule has 1 unspecified atom stereocenters. The molecule has 0 bridgehead atoms. The highest BCUT2D eigenvalue weighted by Gasteiger charge is 2.08. The van der Waals surface area contributed by atoms with Gasteiger partial charge in [0.05, 0.1) is 11.7 Å². The normalized spacial score (nSPS) is 12.8. The van der Waals surface area contributed by atoms with E-state index in [-0.39, 0.29) is 0 Å². The third-order valence-corrected chi connectivity index (χ3v) is 2.29. The number of aromatic nitrogens is 2. The lowest BCUT2D eigenvalue weighted by atomic mass is 10.2. The Labute approximate surface area is 77.0 Å². The standard InChI is InChI=1S/C8H13N3S/c1-9-8(6-12-2)7-5-10-3-4-11-7/h3-5,8-9H,6H2,1-2H3. The average molecular weight is 183 g/mol. The van der Waals surface area contributed by atoms with E-state index >= 15 is 0 Å². The highest BCUT2D eigenvalue weighted by atomic mass is 32.2. The fraction of sp³-hybridized carbons (Fsp3) is 0.500. The van der Waals surface area contributed by atoms with E-state index < -0.39 is 0 Å². The molecule has 0 amide bonds. The van der Waals surface area contributed by atoms with Crippen molar-refractivity contribution in [2.45, 2.75) is 6.04 Å². The molecular weight excluding hydrogens is 170 g/mol. The molecule has 1 aromatic heterocycles. The third kappa shape index (κ3) is 2.46. The van der Waals surface area contributed by atoms with Crippen molar-refractivity contribution in [2.24, 2.45) is 0 Å². The smallest absolute Gasteiger partial charge is 0.0764 e. The Morgan fingerprint density at radius 3 is 2.92 bits per heavy atom. The molecule has 4 heteroatoms. The van der Waals surface area contributed by atoms with E-state index in [9.17, 15) is 0 Å². The van der Waals surface area contributed by atoms with E-state index in [0.29, 0.717) is 6.04 Å². The largest absolute Gasteiger partial charge is 0.311 e. The molecule has 0 saturated heterocycles. The van der Waals surface area contributed by atoms with Crippen molar-refractivity contribution >= 4 is 11.8 Å². The molecule has 0 aliphatic carbocycles. The Kier molecular flexibility index (Phi) is 4.04. The SMILES string of the molecule is CNC(CSC)c1cnccn1. The van der Waals surface area contributed by atoms with Gasteiger partial charge in [-0.05, 0) is 13.3 Å². The molecule has 0 aliphatic rings. The van der Waals surface area contributed by atoms with Crippen LogP contribution in [0.1, 0.15) is 11.7 Å². The first-order valence-electron chi connectivity index (χ1n) is 3.80. The topological polar surface area (TPSA) is 37.8 Å². The van der Waals surface area contributed by atoms with Crippen LogP contribution in [0, 0.1) is 0 Å². The van der Waals surface area contributed by atoms with Crippen LogP contribution in [0.15, 0.2) is 18.6 Å². The molecule has 66 valence electrons. The van der Waals surface area contributed by atoms with Crippen LogP contribution in [-0.2, 0) is 0 Å². The van der Waals surface area contributed by atoms with Gasteiger partial charge in [0.2, 0.25) is 0 Å². The van der Waals surface area contributed by atoms with Crippen LogP contribution >= 0.6 is 11.8 Å². The van der Waals surface area contributed by atoms with Gasteiger partial charge in [0, 0.05) is 24.3 Å². The van der Waals surface area contributed by atoms with E-state index in [0.717, 1.165) is 11.4 Å². The van der Waals surface area contributed by atoms with E-state index in [1.807, 2.05) is 7.05 Å². The number of hydrogen-bond acceptors (Lipinski definition) is 4. The van der Waals surface area contributed by atoms with Crippen LogP contribution < -0.4 is 5.32 Å². The van der Waals surface area contributed by atoms with Crippen molar-refractivity contribution in [1.29, 1.82) is 0 Å². The monoisotopic (exact) mass is 183 g/mol. The van der Waals surface area contributed by atoms with Gasteiger partial charge in [-0.15, -0.1) is 0 Å². The van der Waals surface area contributed by atoms with Gasteiger partial charge in [-0.1, -0.05) is 0 Å². The first-order valence-corrected chi connectivity index (χ1v) is 5.20. The Balaban J connectivity index is 2.66. The Hall–Kier alpha value is -0.610. The zero-order chi connectivity index (χ0) is 8.81. The average Bonchev–Trinajstić information content (AvgIpc) is 2.15. The zero-order valence-electron chi connectivity index (χ0n) is 7.32. The maximum Gasteiger partial charge on any atom is 0.0764 e. The maximum atomic E-state index is 4.23. The molecule has 1 N–H and O–H groups in total. The zero-order valence-corrected chi connectivity index (χ0v) is 8.14. The van der Waals surface area contributed by atoms with E-state index in [1.165, 1.54) is 0 Å². The summed E-state index contributed by atoms with van der Waals surface area (Å²) in [5.41, 5.74) is 1.01. The van der Waals surface area contributed by atoms with Gasteiger partial charge < -0.3 is 5.32 Å². The van der Waals surface area contributed by atoms with Crippen molar-refractivity contribution < 1.29 is 0 Å². The molecule has 1 atom stereocenters. The number of nitrogens with zero attached hydrogens (tertiary/aromatic N) is 2. The van der Waals surface area contributed by atoms with Crippen LogP contribution in [0.3, 0.4) is 0 Å². The second kappa shape index (κ2) is 5.11. The van der Waals surface area contributed by atoms with E-state index in [2.05, 4.69) is 21.5 Å². The third-order valence-electron chi connectivity index (χ3n) is 1.62. The summed E-state index contributed by atoms with van der Waals surface area (Å²) < 4.78 is 0. The highest BCUT2D eigenvalue weighted by Crippen LogP contribution is 2.12. The summed E-state index contributed by atoms with van der Waals surface area (Å²) in [6.45, 7) is 0. The Morgan fingerprint density at radius 1 is 1.58 bits per heavy atom. The molecule has 1 heterocycles. The van der Waals surface area contributed by atoms with Crippen LogP contribution in [-0.4, -0.2) is 29.0 Å². The minimum atomic E-state index is 0.314. The molecule has 1 aromatic rings. The lowest BCUT2D eigenvalue weighted by molar-refractivity contribution is 0.639. The predicted octanol–water partition coefficient (Wildman–Crippen LogP) is 1.10. The molecule has 0 fully saturated rings. The lowest BCUT2D eigenvalue weighted by Gasteiger charge is -2.12. The van der Waals surface area contributed by atoms with Crippen molar-refractivity contribution in [3.63, 3.8) is 0 Å². The summed E-state index contributed by atoms with van der Waals surface area (Å²) in [6, 6.07) is 0.314. The van der Waals surface area contributed by atoms with E-state index in [1.54, 1.807) is 30.4 Å². The Morgan fingerprint density at radius 2 is 2.42 bits per heavy atom. The van der Waals surface area contributed by atoms with E-state index in [4.69, 9.17) is 0 Å². The van der Waals surface area contributed by atoms with Crippen molar-refractivity contribution in [3.8, 4) is 0 Å². The second-order valence-electron chi connectivity index (χ2n) is 2.43. The fourth-order valence-electron chi connectivity index (χ4n) is 0.974. The molecule has 0 aromatic carbocycles. The Bertz CT molecular complexity index is 215. The summed E-state index contributed by atoms with van der Waals surface area (Å²) in [6.07, 6.45) is 7.30. The molecule has 3 nitrogen and oxygen atoms in total. The summed E-state index contributed by atoms with van der Waals surface area (Å²) in [7, 11) is 1.94. The maximum absolute atomic E-state index is 4.23. The number of nitrogens with one attached hydrogen (secondary N) is 1. The number of rotatable bonds is 4. The van der Waals surface area contributed by atoms with Crippen molar-refractivity contribution in [1.82, 2.24) is 15.3 Å². The number of hydrogen-bond donors (Lipinski definition) is 1.